The third-order valence-corrected chi connectivity index (χ3v) is 7.55. The van der Waals surface area contributed by atoms with E-state index in [0.29, 0.717) is 5.56 Å². The van der Waals surface area contributed by atoms with Gasteiger partial charge in [0.2, 0.25) is 8.32 Å². The molecule has 0 unspecified atom stereocenters. The largest absolute Gasteiger partial charge is 0.544 e. The summed E-state index contributed by atoms with van der Waals surface area (Å²) in [7, 11) is -1.76. The Balaban J connectivity index is 2.84. The van der Waals surface area contributed by atoms with Gasteiger partial charge < -0.3 is 4.43 Å². The van der Waals surface area contributed by atoms with Crippen LogP contribution in [-0.4, -0.2) is 14.6 Å². The molecule has 88 valence electrons. The van der Waals surface area contributed by atoms with Gasteiger partial charge in [-0.3, -0.25) is 4.79 Å². The van der Waals surface area contributed by atoms with Crippen molar-refractivity contribution in [2.75, 3.05) is 0 Å². The normalized spacial score (nSPS) is 12.3. The van der Waals surface area contributed by atoms with Gasteiger partial charge in [-0.2, -0.15) is 0 Å². The average molecular weight is 236 g/mol. The lowest BCUT2D eigenvalue weighted by molar-refractivity contribution is 0.112. The van der Waals surface area contributed by atoms with Crippen LogP contribution in [0.5, 0.6) is 5.75 Å². The van der Waals surface area contributed by atoms with Crippen molar-refractivity contribution in [1.82, 2.24) is 0 Å². The summed E-state index contributed by atoms with van der Waals surface area (Å²) in [6.45, 7) is 11.0. The minimum atomic E-state index is -1.76. The van der Waals surface area contributed by atoms with E-state index in [-0.39, 0.29) is 5.04 Å². The van der Waals surface area contributed by atoms with E-state index < -0.39 is 8.32 Å². The minimum absolute atomic E-state index is 0.191. The third kappa shape index (κ3) is 2.95. The highest BCUT2D eigenvalue weighted by Gasteiger charge is 2.38. The molecule has 1 aromatic carbocycles. The van der Waals surface area contributed by atoms with E-state index in [1.165, 1.54) is 0 Å². The quantitative estimate of drug-likeness (QED) is 0.588. The van der Waals surface area contributed by atoms with Crippen molar-refractivity contribution in [3.63, 3.8) is 0 Å². The number of carbonyl (C=O) groups is 1. The summed E-state index contributed by atoms with van der Waals surface area (Å²) < 4.78 is 6.09. The molecule has 0 aliphatic heterocycles. The summed E-state index contributed by atoms with van der Waals surface area (Å²) in [5.74, 6) is 0.859. The van der Waals surface area contributed by atoms with Crippen molar-refractivity contribution in [2.24, 2.45) is 0 Å². The first-order valence-corrected chi connectivity index (χ1v) is 8.41. The van der Waals surface area contributed by atoms with Crippen LogP contribution in [0.2, 0.25) is 18.1 Å². The Morgan fingerprint density at radius 1 is 1.12 bits per heavy atom. The molecular weight excluding hydrogens is 216 g/mol. The molecule has 3 heteroatoms. The Morgan fingerprint density at radius 3 is 2.00 bits per heavy atom. The molecule has 0 saturated heterocycles. The van der Waals surface area contributed by atoms with Crippen LogP contribution < -0.4 is 4.43 Å². The predicted molar refractivity (Wildman–Crippen MR) is 69.7 cm³/mol. The van der Waals surface area contributed by atoms with E-state index in [0.717, 1.165) is 12.0 Å². The van der Waals surface area contributed by atoms with Crippen molar-refractivity contribution >= 4 is 14.6 Å². The highest BCUT2D eigenvalue weighted by Crippen LogP contribution is 2.37. The van der Waals surface area contributed by atoms with Crippen LogP contribution in [0, 0.1) is 0 Å². The molecule has 0 aliphatic rings. The standard InChI is InChI=1S/C13H20O2Si/c1-13(2,3)16(4,5)15-12-8-6-11(10-14)7-9-12/h6-10H,1-5H3. The first-order valence-electron chi connectivity index (χ1n) is 5.50. The van der Waals surface area contributed by atoms with Crippen molar-refractivity contribution in [2.45, 2.75) is 38.9 Å². The molecule has 0 aliphatic carbocycles. The van der Waals surface area contributed by atoms with Crippen LogP contribution in [0.3, 0.4) is 0 Å². The Bertz CT molecular complexity index is 361. The van der Waals surface area contributed by atoms with Crippen molar-refractivity contribution < 1.29 is 9.22 Å². The van der Waals surface area contributed by atoms with Gasteiger partial charge in [-0.05, 0) is 42.4 Å². The maximum absolute atomic E-state index is 10.5. The number of aldehydes is 1. The number of carbonyl (C=O) groups excluding carboxylic acids is 1. The minimum Gasteiger partial charge on any atom is -0.544 e. The molecule has 2 nitrogen and oxygen atoms in total. The van der Waals surface area contributed by atoms with Crippen LogP contribution in [0.25, 0.3) is 0 Å². The molecule has 0 bridgehead atoms. The van der Waals surface area contributed by atoms with E-state index in [4.69, 9.17) is 4.43 Å². The molecule has 1 rings (SSSR count). The van der Waals surface area contributed by atoms with Gasteiger partial charge in [0.1, 0.15) is 12.0 Å². The monoisotopic (exact) mass is 236 g/mol. The highest BCUT2D eigenvalue weighted by molar-refractivity contribution is 6.74. The summed E-state index contributed by atoms with van der Waals surface area (Å²) in [4.78, 5) is 10.5. The van der Waals surface area contributed by atoms with Crippen LogP contribution in [0.4, 0.5) is 0 Å². The molecule has 1 aromatic rings. The van der Waals surface area contributed by atoms with Crippen molar-refractivity contribution in [1.29, 1.82) is 0 Å². The van der Waals surface area contributed by atoms with Crippen LogP contribution >= 0.6 is 0 Å². The Morgan fingerprint density at radius 2 is 1.62 bits per heavy atom. The Kier molecular flexibility index (Phi) is 3.58. The van der Waals surface area contributed by atoms with Crippen molar-refractivity contribution in [3.05, 3.63) is 29.8 Å². The fourth-order valence-corrected chi connectivity index (χ4v) is 2.09. The van der Waals surface area contributed by atoms with Gasteiger partial charge in [-0.25, -0.2) is 0 Å². The van der Waals surface area contributed by atoms with Gasteiger partial charge in [-0.15, -0.1) is 0 Å². The van der Waals surface area contributed by atoms with Crippen molar-refractivity contribution in [3.8, 4) is 5.75 Å². The fourth-order valence-electron chi connectivity index (χ4n) is 1.06. The SMILES string of the molecule is CC(C)(C)[Si](C)(C)Oc1ccc(C=O)cc1. The summed E-state index contributed by atoms with van der Waals surface area (Å²) >= 11 is 0. The fraction of sp³-hybridized carbons (Fsp3) is 0.462. The molecular formula is C13H20O2Si. The molecule has 0 radical (unpaired) electrons. The summed E-state index contributed by atoms with van der Waals surface area (Å²) in [6.07, 6.45) is 0.843. The number of hydrogen-bond acceptors (Lipinski definition) is 2. The maximum Gasteiger partial charge on any atom is 0.250 e. The van der Waals surface area contributed by atoms with E-state index in [9.17, 15) is 4.79 Å². The van der Waals surface area contributed by atoms with Gasteiger partial charge in [0.05, 0.1) is 0 Å². The first kappa shape index (κ1) is 13.0. The number of benzene rings is 1. The zero-order valence-corrected chi connectivity index (χ0v) is 11.7. The molecule has 0 fully saturated rings. The predicted octanol–water partition coefficient (Wildman–Crippen LogP) is 3.88. The molecule has 0 saturated carbocycles. The lowest BCUT2D eigenvalue weighted by Gasteiger charge is -2.36. The summed E-state index contributed by atoms with van der Waals surface area (Å²) in [5, 5.41) is 0.191. The first-order chi connectivity index (χ1) is 7.26. The molecule has 0 aromatic heterocycles. The van der Waals surface area contributed by atoms with E-state index in [1.807, 2.05) is 12.1 Å². The molecule has 0 spiro atoms. The third-order valence-electron chi connectivity index (χ3n) is 3.20. The van der Waals surface area contributed by atoms with E-state index in [1.54, 1.807) is 12.1 Å². The molecule has 0 atom stereocenters. The zero-order chi connectivity index (χ0) is 12.4. The van der Waals surface area contributed by atoms with E-state index >= 15 is 0 Å². The van der Waals surface area contributed by atoms with E-state index in [2.05, 4.69) is 33.9 Å². The zero-order valence-electron chi connectivity index (χ0n) is 10.7. The van der Waals surface area contributed by atoms with Gasteiger partial charge in [0.15, 0.2) is 0 Å². The molecule has 0 heterocycles. The second-order valence-corrected chi connectivity index (χ2v) is 10.3. The van der Waals surface area contributed by atoms with Crippen LogP contribution in [0.15, 0.2) is 24.3 Å². The van der Waals surface area contributed by atoms with Gasteiger partial charge in [-0.1, -0.05) is 20.8 Å². The van der Waals surface area contributed by atoms with Gasteiger partial charge in [0.25, 0.3) is 0 Å². The van der Waals surface area contributed by atoms with Gasteiger partial charge in [0, 0.05) is 5.56 Å². The summed E-state index contributed by atoms with van der Waals surface area (Å²) in [5.41, 5.74) is 0.683. The van der Waals surface area contributed by atoms with Crippen LogP contribution in [0.1, 0.15) is 31.1 Å². The Labute approximate surface area is 98.8 Å². The lowest BCUT2D eigenvalue weighted by Crippen LogP contribution is -2.43. The molecule has 0 amide bonds. The number of hydrogen-bond donors (Lipinski definition) is 0. The van der Waals surface area contributed by atoms with Gasteiger partial charge >= 0.3 is 0 Å². The second kappa shape index (κ2) is 4.42. The summed E-state index contributed by atoms with van der Waals surface area (Å²) in [6, 6.07) is 7.30. The second-order valence-electron chi connectivity index (χ2n) is 5.55. The maximum atomic E-state index is 10.5. The lowest BCUT2D eigenvalue weighted by atomic mass is 10.2. The Hall–Kier alpha value is -1.09. The topological polar surface area (TPSA) is 26.3 Å². The molecule has 16 heavy (non-hydrogen) atoms. The van der Waals surface area contributed by atoms with Crippen LogP contribution in [-0.2, 0) is 0 Å². The average Bonchev–Trinajstić information content (AvgIpc) is 2.16. The molecule has 0 N–H and O–H groups in total. The number of rotatable bonds is 3. The smallest absolute Gasteiger partial charge is 0.250 e. The highest BCUT2D eigenvalue weighted by atomic mass is 28.4.